The summed E-state index contributed by atoms with van der Waals surface area (Å²) in [5, 5.41) is 9.82. The summed E-state index contributed by atoms with van der Waals surface area (Å²) in [7, 11) is 0. The number of hydrogen-bond donors (Lipinski definition) is 1. The van der Waals surface area contributed by atoms with E-state index in [-0.39, 0.29) is 0 Å². The maximum atomic E-state index is 9.82. The van der Waals surface area contributed by atoms with Crippen molar-refractivity contribution in [3.05, 3.63) is 42.1 Å². The molecule has 0 atom stereocenters. The summed E-state index contributed by atoms with van der Waals surface area (Å²) < 4.78 is 0. The minimum absolute atomic E-state index is 0.626. The first kappa shape index (κ1) is 10.2. The molecule has 80 valence electrons. The molecule has 1 heterocycles. The van der Waals surface area contributed by atoms with E-state index >= 15 is 0 Å². The molecule has 0 saturated carbocycles. The summed E-state index contributed by atoms with van der Waals surface area (Å²) in [5.41, 5.74) is 1.86. The van der Waals surface area contributed by atoms with Gasteiger partial charge in [-0.05, 0) is 31.9 Å². The molecular weight excluding hydrogens is 186 g/mol. The maximum Gasteiger partial charge on any atom is 0.0769 e. The van der Waals surface area contributed by atoms with E-state index in [2.05, 4.69) is 35.4 Å². The molecule has 2 nitrogen and oxygen atoms in total. The van der Waals surface area contributed by atoms with Crippen LogP contribution in [-0.2, 0) is 6.42 Å². The van der Waals surface area contributed by atoms with E-state index in [4.69, 9.17) is 0 Å². The van der Waals surface area contributed by atoms with Gasteiger partial charge in [-0.25, -0.2) is 0 Å². The van der Waals surface area contributed by atoms with Gasteiger partial charge in [0, 0.05) is 11.9 Å². The van der Waals surface area contributed by atoms with E-state index in [9.17, 15) is 5.11 Å². The van der Waals surface area contributed by atoms with Gasteiger partial charge in [-0.15, -0.1) is 0 Å². The van der Waals surface area contributed by atoms with Crippen molar-refractivity contribution in [2.75, 3.05) is 11.4 Å². The molecule has 0 amide bonds. The number of para-hydroxylation sites is 1. The van der Waals surface area contributed by atoms with Gasteiger partial charge in [0.15, 0.2) is 0 Å². The number of fused-ring (bicyclic) bond motifs is 1. The molecule has 2 rings (SSSR count). The second-order valence-electron chi connectivity index (χ2n) is 4.66. The molecular formula is C13H17NO. The van der Waals surface area contributed by atoms with Crippen molar-refractivity contribution in [2.45, 2.75) is 25.9 Å². The Balaban J connectivity index is 2.27. The lowest BCUT2D eigenvalue weighted by Crippen LogP contribution is -2.36. The Kier molecular flexibility index (Phi) is 2.53. The first-order valence-corrected chi connectivity index (χ1v) is 5.30. The summed E-state index contributed by atoms with van der Waals surface area (Å²) >= 11 is 0. The van der Waals surface area contributed by atoms with E-state index < -0.39 is 5.60 Å². The van der Waals surface area contributed by atoms with E-state index in [0.29, 0.717) is 6.54 Å². The van der Waals surface area contributed by atoms with Crippen LogP contribution in [0.5, 0.6) is 0 Å². The number of β-amino-alcohol motifs (C(OH)–C–C–N with tert-alkyl or cyclic N) is 1. The standard InChI is InChI=1S/C13H17NO/c1-13(2,15)10-14-9-5-7-11-6-3-4-8-12(11)14/h3-6,8-9,15H,7,10H2,1-2H3. The molecule has 1 aliphatic rings. The van der Waals surface area contributed by atoms with Crippen LogP contribution in [0.3, 0.4) is 0 Å². The first-order valence-electron chi connectivity index (χ1n) is 5.30. The number of nitrogens with zero attached hydrogens (tertiary/aromatic N) is 1. The normalized spacial score (nSPS) is 15.3. The maximum absolute atomic E-state index is 9.82. The molecule has 1 aliphatic heterocycles. The highest BCUT2D eigenvalue weighted by Crippen LogP contribution is 2.26. The van der Waals surface area contributed by atoms with Crippen LogP contribution in [0, 0.1) is 0 Å². The topological polar surface area (TPSA) is 23.5 Å². The van der Waals surface area contributed by atoms with Crippen molar-refractivity contribution in [2.24, 2.45) is 0 Å². The lowest BCUT2D eigenvalue weighted by Gasteiger charge is -2.31. The van der Waals surface area contributed by atoms with E-state index in [1.807, 2.05) is 19.9 Å². The Bertz CT molecular complexity index is 376. The molecule has 0 fully saturated rings. The summed E-state index contributed by atoms with van der Waals surface area (Å²) in [5.74, 6) is 0. The van der Waals surface area contributed by atoms with Crippen molar-refractivity contribution in [3.63, 3.8) is 0 Å². The zero-order valence-electron chi connectivity index (χ0n) is 9.27. The lowest BCUT2D eigenvalue weighted by atomic mass is 10.0. The number of aliphatic hydroxyl groups is 1. The fraction of sp³-hybridized carbons (Fsp3) is 0.385. The zero-order chi connectivity index (χ0) is 10.9. The van der Waals surface area contributed by atoms with Crippen LogP contribution in [0.2, 0.25) is 0 Å². The number of benzene rings is 1. The minimum Gasteiger partial charge on any atom is -0.389 e. The Morgan fingerprint density at radius 1 is 1.33 bits per heavy atom. The minimum atomic E-state index is -0.672. The quantitative estimate of drug-likeness (QED) is 0.797. The van der Waals surface area contributed by atoms with Crippen molar-refractivity contribution in [1.29, 1.82) is 0 Å². The number of allylic oxidation sites excluding steroid dienone is 1. The van der Waals surface area contributed by atoms with Crippen molar-refractivity contribution < 1.29 is 5.11 Å². The summed E-state index contributed by atoms with van der Waals surface area (Å²) in [6, 6.07) is 8.33. The Labute approximate surface area is 90.8 Å². The lowest BCUT2D eigenvalue weighted by molar-refractivity contribution is 0.0894. The fourth-order valence-electron chi connectivity index (χ4n) is 1.91. The van der Waals surface area contributed by atoms with Gasteiger partial charge >= 0.3 is 0 Å². The second-order valence-corrected chi connectivity index (χ2v) is 4.66. The Morgan fingerprint density at radius 3 is 2.80 bits per heavy atom. The van der Waals surface area contributed by atoms with Crippen LogP contribution >= 0.6 is 0 Å². The summed E-state index contributed by atoms with van der Waals surface area (Å²) in [6.45, 7) is 4.29. The molecule has 1 aromatic carbocycles. The molecule has 0 spiro atoms. The third kappa shape index (κ3) is 2.39. The third-order valence-corrected chi connectivity index (χ3v) is 2.48. The number of hydrogen-bond acceptors (Lipinski definition) is 2. The van der Waals surface area contributed by atoms with Crippen LogP contribution in [-0.4, -0.2) is 17.3 Å². The summed E-state index contributed by atoms with van der Waals surface area (Å²) in [4.78, 5) is 2.11. The molecule has 15 heavy (non-hydrogen) atoms. The fourth-order valence-corrected chi connectivity index (χ4v) is 1.91. The molecule has 1 N–H and O–H groups in total. The van der Waals surface area contributed by atoms with E-state index in [1.165, 1.54) is 11.3 Å². The average molecular weight is 203 g/mol. The van der Waals surface area contributed by atoms with Crippen LogP contribution < -0.4 is 4.90 Å². The van der Waals surface area contributed by atoms with E-state index in [0.717, 1.165) is 6.42 Å². The van der Waals surface area contributed by atoms with Gasteiger partial charge in [0.1, 0.15) is 0 Å². The van der Waals surface area contributed by atoms with Gasteiger partial charge < -0.3 is 10.0 Å². The zero-order valence-corrected chi connectivity index (χ0v) is 9.27. The molecule has 2 heteroatoms. The monoisotopic (exact) mass is 203 g/mol. The first-order chi connectivity index (χ1) is 7.06. The van der Waals surface area contributed by atoms with Gasteiger partial charge in [0.05, 0.1) is 12.1 Å². The molecule has 0 saturated heterocycles. The molecule has 0 bridgehead atoms. The number of anilines is 1. The Morgan fingerprint density at radius 2 is 2.07 bits per heavy atom. The highest BCUT2D eigenvalue weighted by molar-refractivity contribution is 5.59. The van der Waals surface area contributed by atoms with Crippen molar-refractivity contribution >= 4 is 5.69 Å². The molecule has 0 radical (unpaired) electrons. The second kappa shape index (κ2) is 3.70. The highest BCUT2D eigenvalue weighted by Gasteiger charge is 2.20. The largest absolute Gasteiger partial charge is 0.389 e. The predicted octanol–water partition coefficient (Wildman–Crippen LogP) is 2.33. The number of rotatable bonds is 2. The van der Waals surface area contributed by atoms with Crippen LogP contribution in [0.25, 0.3) is 0 Å². The molecule has 1 aromatic rings. The highest BCUT2D eigenvalue weighted by atomic mass is 16.3. The smallest absolute Gasteiger partial charge is 0.0769 e. The molecule has 0 aliphatic carbocycles. The predicted molar refractivity (Wildman–Crippen MR) is 62.9 cm³/mol. The van der Waals surface area contributed by atoms with Crippen molar-refractivity contribution in [1.82, 2.24) is 0 Å². The van der Waals surface area contributed by atoms with Crippen LogP contribution in [0.4, 0.5) is 5.69 Å². The van der Waals surface area contributed by atoms with Gasteiger partial charge in [-0.1, -0.05) is 24.3 Å². The van der Waals surface area contributed by atoms with Gasteiger partial charge in [0.25, 0.3) is 0 Å². The van der Waals surface area contributed by atoms with Crippen LogP contribution in [0.15, 0.2) is 36.5 Å². The van der Waals surface area contributed by atoms with Gasteiger partial charge in [-0.3, -0.25) is 0 Å². The van der Waals surface area contributed by atoms with Crippen LogP contribution in [0.1, 0.15) is 19.4 Å². The summed E-state index contributed by atoms with van der Waals surface area (Å²) in [6.07, 6.45) is 5.17. The SMILES string of the molecule is CC(C)(O)CN1C=CCc2ccccc21. The van der Waals surface area contributed by atoms with Gasteiger partial charge in [0.2, 0.25) is 0 Å². The average Bonchev–Trinajstić information content (AvgIpc) is 2.16. The third-order valence-electron chi connectivity index (χ3n) is 2.48. The Hall–Kier alpha value is -1.28. The molecule has 0 aromatic heterocycles. The molecule has 0 unspecified atom stereocenters. The van der Waals surface area contributed by atoms with Gasteiger partial charge in [-0.2, -0.15) is 0 Å². The van der Waals surface area contributed by atoms with Crippen molar-refractivity contribution in [3.8, 4) is 0 Å². The van der Waals surface area contributed by atoms with E-state index in [1.54, 1.807) is 0 Å².